The fourth-order valence-electron chi connectivity index (χ4n) is 7.57. The Hall–Kier alpha value is 0.412. The molecule has 4 heteroatoms. The van der Waals surface area contributed by atoms with Crippen molar-refractivity contribution in [1.29, 1.82) is 0 Å². The van der Waals surface area contributed by atoms with Crippen LogP contribution >= 0.6 is 0 Å². The third kappa shape index (κ3) is 10.3. The highest BCUT2D eigenvalue weighted by Crippen LogP contribution is 2.53. The van der Waals surface area contributed by atoms with Gasteiger partial charge in [0.25, 0.3) is 0 Å². The molecule has 0 aromatic heterocycles. The predicted molar refractivity (Wildman–Crippen MR) is 173 cm³/mol. The van der Waals surface area contributed by atoms with Crippen LogP contribution in [0, 0.1) is 17.8 Å². The van der Waals surface area contributed by atoms with Crippen molar-refractivity contribution in [3.63, 3.8) is 0 Å². The molecule has 3 aliphatic rings. The van der Waals surface area contributed by atoms with Crippen molar-refractivity contribution in [2.24, 2.45) is 17.8 Å². The van der Waals surface area contributed by atoms with Gasteiger partial charge >= 0.3 is 15.1 Å². The number of unbranched alkanes of at least 4 members (excludes halogenated alkanes) is 6. The van der Waals surface area contributed by atoms with E-state index in [1.54, 1.807) is 0 Å². The summed E-state index contributed by atoms with van der Waals surface area (Å²) in [6.45, 7) is 14.1. The molecule has 0 heterocycles. The Morgan fingerprint density at radius 1 is 0.400 bits per heavy atom. The molecule has 0 bridgehead atoms. The first-order valence-corrected chi connectivity index (χ1v) is 19.9. The quantitative estimate of drug-likeness (QED) is 0.0910. The maximum absolute atomic E-state index is 7.65. The average molecular weight is 577 g/mol. The van der Waals surface area contributed by atoms with Gasteiger partial charge in [0, 0.05) is 16.8 Å². The number of hydrogen-bond acceptors (Lipinski definition) is 3. The van der Waals surface area contributed by atoms with Gasteiger partial charge < -0.3 is 11.4 Å². The first kappa shape index (κ1) is 34.9. The summed E-state index contributed by atoms with van der Waals surface area (Å²) in [5.41, 5.74) is -0.0461. The van der Waals surface area contributed by atoms with Crippen molar-refractivity contribution >= 4 is 15.1 Å². The summed E-state index contributed by atoms with van der Waals surface area (Å²) < 4.78 is 22.9. The van der Waals surface area contributed by atoms with E-state index in [4.69, 9.17) is 11.4 Å². The Kier molecular flexibility index (Phi) is 15.4. The third-order valence-corrected chi connectivity index (χ3v) is 12.7. The fourth-order valence-corrected chi connectivity index (χ4v) is 10.2. The molecular weight excluding hydrogens is 507 g/mol. The lowest BCUT2D eigenvalue weighted by atomic mass is 9.86. The molecule has 0 aromatic rings. The van der Waals surface area contributed by atoms with Crippen LogP contribution in [0.5, 0.6) is 0 Å². The molecule has 234 valence electrons. The van der Waals surface area contributed by atoms with Crippen LogP contribution in [0.4, 0.5) is 0 Å². The molecule has 3 saturated carbocycles. The summed E-state index contributed by atoms with van der Waals surface area (Å²) in [6, 6.07) is 0. The van der Waals surface area contributed by atoms with Gasteiger partial charge in [0.1, 0.15) is 0 Å². The van der Waals surface area contributed by atoms with Gasteiger partial charge in [-0.25, -0.2) is 0 Å². The van der Waals surface area contributed by atoms with E-state index in [0.717, 1.165) is 17.8 Å². The van der Waals surface area contributed by atoms with Gasteiger partial charge in [-0.15, -0.1) is 0 Å². The van der Waals surface area contributed by atoms with Gasteiger partial charge in [0.05, 0.1) is 0 Å². The van der Waals surface area contributed by atoms with Crippen LogP contribution in [0.1, 0.15) is 196 Å². The summed E-state index contributed by atoms with van der Waals surface area (Å²) >= 11 is -2.41. The highest BCUT2D eigenvalue weighted by atomic mass is 27.3. The lowest BCUT2D eigenvalue weighted by Gasteiger charge is -2.45. The minimum atomic E-state index is -2.41. The number of rotatable bonds is 27. The maximum atomic E-state index is 7.65. The monoisotopic (exact) mass is 577 g/mol. The van der Waals surface area contributed by atoms with Gasteiger partial charge in [-0.1, -0.05) is 119 Å². The first-order valence-electron chi connectivity index (χ1n) is 18.5. The standard InChI is InChI=1S/3C12H23O.Al/c3*1-3-5-9-12(13,10-6-4-2)11-7-8-11;/h3*11H,3-10H2,1-2H3;/q3*-1;+3. The van der Waals surface area contributed by atoms with E-state index in [1.807, 2.05) is 0 Å². The van der Waals surface area contributed by atoms with Crippen molar-refractivity contribution in [1.82, 2.24) is 0 Å². The zero-order chi connectivity index (χ0) is 28.9. The molecule has 0 saturated heterocycles. The van der Waals surface area contributed by atoms with Crippen molar-refractivity contribution in [2.45, 2.75) is 212 Å². The van der Waals surface area contributed by atoms with Gasteiger partial charge in [-0.2, -0.15) is 0 Å². The third-order valence-electron chi connectivity index (χ3n) is 10.7. The lowest BCUT2D eigenvalue weighted by molar-refractivity contribution is -0.121. The van der Waals surface area contributed by atoms with Crippen LogP contribution in [0.15, 0.2) is 0 Å². The second-order valence-electron chi connectivity index (χ2n) is 14.3. The summed E-state index contributed by atoms with van der Waals surface area (Å²) in [6.07, 6.45) is 30.3. The summed E-state index contributed by atoms with van der Waals surface area (Å²) in [7, 11) is 0. The van der Waals surface area contributed by atoms with E-state index in [2.05, 4.69) is 41.5 Å². The van der Waals surface area contributed by atoms with Gasteiger partial charge in [-0.3, -0.25) is 0 Å². The molecule has 0 N–H and O–H groups in total. The Morgan fingerprint density at radius 2 is 0.600 bits per heavy atom. The van der Waals surface area contributed by atoms with Gasteiger partial charge in [0.15, 0.2) is 0 Å². The van der Waals surface area contributed by atoms with Crippen molar-refractivity contribution in [3.05, 3.63) is 0 Å². The zero-order valence-electron chi connectivity index (χ0n) is 28.0. The summed E-state index contributed by atoms with van der Waals surface area (Å²) in [4.78, 5) is 0. The van der Waals surface area contributed by atoms with Crippen LogP contribution in [0.3, 0.4) is 0 Å². The summed E-state index contributed by atoms with van der Waals surface area (Å²) in [5.74, 6) is 2.16. The molecule has 0 unspecified atom stereocenters. The van der Waals surface area contributed by atoms with Crippen LogP contribution in [-0.2, 0) is 11.4 Å². The summed E-state index contributed by atoms with van der Waals surface area (Å²) in [5, 5.41) is 0. The molecule has 0 aromatic carbocycles. The predicted octanol–water partition coefficient (Wildman–Crippen LogP) is 11.6. The lowest BCUT2D eigenvalue weighted by Crippen LogP contribution is -2.53. The topological polar surface area (TPSA) is 27.7 Å². The average Bonchev–Trinajstić information content (AvgIpc) is 3.81. The first-order chi connectivity index (χ1) is 19.5. The largest absolute Gasteiger partial charge is 0.906 e. The Morgan fingerprint density at radius 3 is 0.750 bits per heavy atom. The molecule has 0 atom stereocenters. The molecule has 3 nitrogen and oxygen atoms in total. The van der Waals surface area contributed by atoms with Crippen LogP contribution in [0.2, 0.25) is 0 Å². The zero-order valence-corrected chi connectivity index (χ0v) is 29.2. The Labute approximate surface area is 256 Å². The van der Waals surface area contributed by atoms with Crippen LogP contribution in [-0.4, -0.2) is 32.0 Å². The van der Waals surface area contributed by atoms with E-state index in [1.165, 1.54) is 154 Å². The fraction of sp³-hybridized carbons (Fsp3) is 1.00. The van der Waals surface area contributed by atoms with E-state index < -0.39 is 15.1 Å². The van der Waals surface area contributed by atoms with Crippen molar-refractivity contribution in [2.75, 3.05) is 0 Å². The molecule has 0 spiro atoms. The van der Waals surface area contributed by atoms with Gasteiger partial charge in [-0.05, 0) is 94.8 Å². The molecule has 40 heavy (non-hydrogen) atoms. The van der Waals surface area contributed by atoms with E-state index in [-0.39, 0.29) is 16.8 Å². The second kappa shape index (κ2) is 17.6. The Bertz CT molecular complexity index is 555. The minimum absolute atomic E-state index is 0.0154. The van der Waals surface area contributed by atoms with Crippen LogP contribution < -0.4 is 0 Å². The highest BCUT2D eigenvalue weighted by molar-refractivity contribution is 6.37. The van der Waals surface area contributed by atoms with Gasteiger partial charge in [0.2, 0.25) is 0 Å². The molecular formula is C36H69AlO3. The highest BCUT2D eigenvalue weighted by Gasteiger charge is 2.58. The van der Waals surface area contributed by atoms with E-state index in [9.17, 15) is 0 Å². The number of hydrogen-bond donors (Lipinski definition) is 0. The second-order valence-corrected chi connectivity index (χ2v) is 15.6. The minimum Gasteiger partial charge on any atom is -0.449 e. The molecule has 0 aliphatic heterocycles. The smallest absolute Gasteiger partial charge is 0.449 e. The SMILES string of the molecule is CCCCC(CCCC)([O][Al]([O]C(CCCC)(CCCC)C1CC1)[O]C(CCCC)(CCCC)C1CC1)C1CC1. The molecule has 3 rings (SSSR count). The Balaban J connectivity index is 1.99. The van der Waals surface area contributed by atoms with Crippen LogP contribution in [0.25, 0.3) is 0 Å². The van der Waals surface area contributed by atoms with E-state index >= 15 is 0 Å². The maximum Gasteiger partial charge on any atom is 0.906 e. The molecule has 3 fully saturated rings. The van der Waals surface area contributed by atoms with Crippen molar-refractivity contribution in [3.8, 4) is 0 Å². The molecule has 0 amide bonds. The van der Waals surface area contributed by atoms with Crippen molar-refractivity contribution < 1.29 is 11.4 Å². The molecule has 3 aliphatic carbocycles. The molecule has 0 radical (unpaired) electrons. The van der Waals surface area contributed by atoms with E-state index in [0.29, 0.717) is 0 Å². The normalized spacial score (nSPS) is 18.4.